The van der Waals surface area contributed by atoms with Gasteiger partial charge in [0.1, 0.15) is 0 Å². The number of fused-ring (bicyclic) bond motifs is 1. The Kier molecular flexibility index (Phi) is 10.5. The minimum Gasteiger partial charge on any atom is -0.290 e. The molecule has 0 radical (unpaired) electrons. The van der Waals surface area contributed by atoms with E-state index in [1.165, 1.54) is 18.2 Å². The van der Waals surface area contributed by atoms with E-state index in [4.69, 9.17) is 0 Å². The van der Waals surface area contributed by atoms with E-state index in [0.717, 1.165) is 45.9 Å². The maximum atomic E-state index is 13.4. The van der Waals surface area contributed by atoms with Gasteiger partial charge in [-0.2, -0.15) is 4.99 Å². The van der Waals surface area contributed by atoms with Gasteiger partial charge in [-0.15, -0.1) is 0 Å². The Labute approximate surface area is 251 Å². The molecule has 6 heteroatoms. The third-order valence-electron chi connectivity index (χ3n) is 6.50. The number of aliphatic imine (C=N–C) groups is 1. The number of rotatable bonds is 3. The Hall–Kier alpha value is -5.58. The molecule has 6 rings (SSSR count). The zero-order valence-corrected chi connectivity index (χ0v) is 24.5. The number of carbonyl (C=O) groups excluding carboxylic acids is 1. The summed E-state index contributed by atoms with van der Waals surface area (Å²) in [4.78, 5) is 37.1. The molecular formula is C37H33N3O3. The fraction of sp³-hybridized carbons (Fsp3) is 0.108. The molecule has 0 saturated heterocycles. The fourth-order valence-electron chi connectivity index (χ4n) is 4.56. The highest BCUT2D eigenvalue weighted by molar-refractivity contribution is 5.67. The normalized spacial score (nSPS) is 11.0. The molecule has 0 saturated carbocycles. The lowest BCUT2D eigenvalue weighted by Gasteiger charge is -2.05. The van der Waals surface area contributed by atoms with Gasteiger partial charge in [0, 0.05) is 0 Å². The molecule has 1 aromatic heterocycles. The molecule has 214 valence electrons. The Balaban J connectivity index is 0.000000192. The third-order valence-corrected chi connectivity index (χ3v) is 6.50. The van der Waals surface area contributed by atoms with Gasteiger partial charge in [-0.25, -0.2) is 9.59 Å². The van der Waals surface area contributed by atoms with E-state index in [-0.39, 0.29) is 11.1 Å². The highest BCUT2D eigenvalue weighted by Crippen LogP contribution is 2.24. The van der Waals surface area contributed by atoms with Crippen molar-refractivity contribution < 1.29 is 4.79 Å². The number of hydrogen-bond donors (Lipinski definition) is 0. The summed E-state index contributed by atoms with van der Waals surface area (Å²) < 4.78 is 3.60. The predicted octanol–water partition coefficient (Wildman–Crippen LogP) is 7.68. The third kappa shape index (κ3) is 8.23. The summed E-state index contributed by atoms with van der Waals surface area (Å²) in [6, 6.07) is 33.7. The average molecular weight is 568 g/mol. The molecule has 0 unspecified atom stereocenters. The second kappa shape index (κ2) is 14.9. The molecular weight excluding hydrogens is 534 g/mol. The van der Waals surface area contributed by atoms with Gasteiger partial charge in [0.25, 0.3) is 0 Å². The molecule has 0 aliphatic heterocycles. The summed E-state index contributed by atoms with van der Waals surface area (Å²) in [6.07, 6.45) is 10.6. The lowest BCUT2D eigenvalue weighted by Crippen LogP contribution is -2.23. The van der Waals surface area contributed by atoms with Crippen LogP contribution in [0.25, 0.3) is 23.5 Å². The first-order chi connectivity index (χ1) is 20.9. The van der Waals surface area contributed by atoms with Gasteiger partial charge >= 0.3 is 5.69 Å². The van der Waals surface area contributed by atoms with Crippen molar-refractivity contribution in [2.45, 2.75) is 27.2 Å². The first kappa shape index (κ1) is 30.4. The molecule has 0 N–H and O–H groups in total. The number of aromatic nitrogens is 2. The summed E-state index contributed by atoms with van der Waals surface area (Å²) in [6.45, 7) is 6.03. The van der Waals surface area contributed by atoms with E-state index in [1.807, 2.05) is 112 Å². The molecule has 1 heterocycles. The number of hydrogen-bond acceptors (Lipinski definition) is 4. The van der Waals surface area contributed by atoms with Gasteiger partial charge in [0.15, 0.2) is 5.43 Å². The van der Waals surface area contributed by atoms with E-state index >= 15 is 0 Å². The summed E-state index contributed by atoms with van der Waals surface area (Å²) in [7, 11) is 0. The molecule has 4 aromatic carbocycles. The second-order valence-corrected chi connectivity index (χ2v) is 9.99. The van der Waals surface area contributed by atoms with Gasteiger partial charge < -0.3 is 0 Å². The maximum Gasteiger partial charge on any atom is 0.338 e. The number of imidazole rings is 1. The zero-order valence-electron chi connectivity index (χ0n) is 24.5. The quantitative estimate of drug-likeness (QED) is 0.166. The van der Waals surface area contributed by atoms with Crippen molar-refractivity contribution in [1.29, 1.82) is 0 Å². The van der Waals surface area contributed by atoms with Crippen molar-refractivity contribution in [2.75, 3.05) is 0 Å². The summed E-state index contributed by atoms with van der Waals surface area (Å²) in [5.74, 6) is 0. The van der Waals surface area contributed by atoms with Gasteiger partial charge in [-0.05, 0) is 105 Å². The van der Waals surface area contributed by atoms with Gasteiger partial charge in [-0.1, -0.05) is 72.8 Å². The van der Waals surface area contributed by atoms with Crippen molar-refractivity contribution in [3.8, 4) is 11.4 Å². The first-order valence-electron chi connectivity index (χ1n) is 13.9. The van der Waals surface area contributed by atoms with Crippen LogP contribution < -0.4 is 11.1 Å². The molecule has 6 nitrogen and oxygen atoms in total. The van der Waals surface area contributed by atoms with Crippen LogP contribution in [-0.2, 0) is 4.79 Å². The van der Waals surface area contributed by atoms with Crippen LogP contribution in [0.3, 0.4) is 0 Å². The zero-order chi connectivity index (χ0) is 30.6. The van der Waals surface area contributed by atoms with Crippen LogP contribution in [-0.4, -0.2) is 15.2 Å². The van der Waals surface area contributed by atoms with E-state index in [2.05, 4.69) is 17.1 Å². The molecule has 0 amide bonds. The van der Waals surface area contributed by atoms with Crippen LogP contribution in [0.1, 0.15) is 34.5 Å². The van der Waals surface area contributed by atoms with Gasteiger partial charge in [-0.3, -0.25) is 13.9 Å². The molecule has 0 fully saturated rings. The monoisotopic (exact) mass is 567 g/mol. The Bertz CT molecular complexity index is 1840. The van der Waals surface area contributed by atoms with Crippen molar-refractivity contribution in [3.63, 3.8) is 0 Å². The standard InChI is InChI=1S/C22H20N2O.C8H7NO.C7H6O/c1-16-8-6-10-18(14-16)23-20-12-4-3-5-13-21(20)24(22(23)25)19-11-7-9-17(2)15-19;1-7-3-2-4-8(5-7)9-6-10;8-7-5-3-1-2-4-6-7/h4-15H,3H2,1-2H3;2-5H,1H3;1-6H. The molecule has 0 spiro atoms. The fourth-order valence-corrected chi connectivity index (χ4v) is 4.56. The van der Waals surface area contributed by atoms with E-state index in [0.29, 0.717) is 5.69 Å². The Morgan fingerprint density at radius 2 is 1.09 bits per heavy atom. The van der Waals surface area contributed by atoms with Crippen LogP contribution >= 0.6 is 0 Å². The number of isocyanates is 1. The summed E-state index contributed by atoms with van der Waals surface area (Å²) in [5, 5.41) is 0. The molecule has 1 aliphatic rings. The van der Waals surface area contributed by atoms with E-state index < -0.39 is 0 Å². The van der Waals surface area contributed by atoms with Crippen molar-refractivity contribution in [1.82, 2.24) is 9.13 Å². The smallest absolute Gasteiger partial charge is 0.290 e. The lowest BCUT2D eigenvalue weighted by atomic mass is 10.2. The average Bonchev–Trinajstić information content (AvgIpc) is 3.20. The van der Waals surface area contributed by atoms with Crippen molar-refractivity contribution in [2.24, 2.45) is 4.99 Å². The molecule has 43 heavy (non-hydrogen) atoms. The van der Waals surface area contributed by atoms with Crippen LogP contribution in [0.2, 0.25) is 0 Å². The second-order valence-electron chi connectivity index (χ2n) is 9.99. The highest BCUT2D eigenvalue weighted by Gasteiger charge is 2.19. The van der Waals surface area contributed by atoms with Crippen LogP contribution in [0.15, 0.2) is 136 Å². The topological polar surface area (TPSA) is 73.4 Å². The van der Waals surface area contributed by atoms with Crippen LogP contribution in [0.5, 0.6) is 0 Å². The number of aryl methyl sites for hydroxylation is 3. The molecule has 0 bridgehead atoms. The van der Waals surface area contributed by atoms with Crippen LogP contribution in [0, 0.1) is 20.8 Å². The van der Waals surface area contributed by atoms with Crippen molar-refractivity contribution in [3.05, 3.63) is 170 Å². The molecule has 0 atom stereocenters. The predicted molar refractivity (Wildman–Crippen MR) is 175 cm³/mol. The minimum absolute atomic E-state index is 0.0441. The number of benzene rings is 3. The lowest BCUT2D eigenvalue weighted by molar-refractivity contribution is 0.565. The summed E-state index contributed by atoms with van der Waals surface area (Å²) >= 11 is 0. The largest absolute Gasteiger partial charge is 0.338 e. The molecule has 1 aliphatic carbocycles. The minimum atomic E-state index is -0.0441. The molecule has 5 aromatic rings. The number of nitrogens with zero attached hydrogens (tertiary/aromatic N) is 3. The van der Waals surface area contributed by atoms with Gasteiger partial charge in [0.05, 0.1) is 28.5 Å². The highest BCUT2D eigenvalue weighted by atomic mass is 16.2. The SMILES string of the molecule is Cc1cccc(-n2c3c(n(-c4cccc(C)c4)c2=O)C=CCC=C3)c1.Cc1cccc(N=C=O)c1.O=c1cccccc1. The Morgan fingerprint density at radius 3 is 1.56 bits per heavy atom. The Morgan fingerprint density at radius 1 is 0.605 bits per heavy atom. The maximum absolute atomic E-state index is 13.4. The van der Waals surface area contributed by atoms with Crippen molar-refractivity contribution >= 4 is 23.9 Å². The van der Waals surface area contributed by atoms with E-state index in [1.54, 1.807) is 27.3 Å². The van der Waals surface area contributed by atoms with Gasteiger partial charge in [0.2, 0.25) is 6.08 Å². The first-order valence-corrected chi connectivity index (χ1v) is 13.9. The summed E-state index contributed by atoms with van der Waals surface area (Å²) in [5.41, 5.74) is 7.67. The van der Waals surface area contributed by atoms with Crippen LogP contribution in [0.4, 0.5) is 5.69 Å². The number of allylic oxidation sites excluding steroid dienone is 2. The van der Waals surface area contributed by atoms with E-state index in [9.17, 15) is 14.4 Å².